The number of nitrogens with zero attached hydrogens (tertiary/aromatic N) is 2. The Morgan fingerprint density at radius 2 is 1.86 bits per heavy atom. The molecule has 0 bridgehead atoms. The first-order valence-corrected chi connectivity index (χ1v) is 9.26. The molecule has 4 nitrogen and oxygen atoms in total. The summed E-state index contributed by atoms with van der Waals surface area (Å²) in [6.45, 7) is 0.339. The lowest BCUT2D eigenvalue weighted by Gasteiger charge is -2.09. The Balaban J connectivity index is 1.35. The molecule has 21 heavy (non-hydrogen) atoms. The molecular weight excluding hydrogens is 304 g/mol. The molecule has 1 aromatic carbocycles. The van der Waals surface area contributed by atoms with E-state index in [0.29, 0.717) is 23.0 Å². The molecule has 1 saturated carbocycles. The zero-order valence-corrected chi connectivity index (χ0v) is 13.2. The molecule has 0 amide bonds. The Hall–Kier alpha value is -1.14. The summed E-state index contributed by atoms with van der Waals surface area (Å²) in [5, 5.41) is 8.08. The van der Waals surface area contributed by atoms with Crippen LogP contribution in [0.2, 0.25) is 0 Å². The van der Waals surface area contributed by atoms with Crippen LogP contribution >= 0.6 is 23.5 Å². The van der Waals surface area contributed by atoms with Gasteiger partial charge in [-0.3, -0.25) is 0 Å². The fraction of sp³-hybridized carbons (Fsp3) is 0.467. The molecule has 1 saturated heterocycles. The summed E-state index contributed by atoms with van der Waals surface area (Å²) in [7, 11) is 0. The molecule has 0 unspecified atom stereocenters. The molecule has 2 aliphatic rings. The van der Waals surface area contributed by atoms with Crippen LogP contribution in [0.3, 0.4) is 0 Å². The van der Waals surface area contributed by atoms with Crippen LogP contribution < -0.4 is 4.74 Å². The summed E-state index contributed by atoms with van der Waals surface area (Å²) in [5.74, 6) is 5.15. The van der Waals surface area contributed by atoms with Crippen molar-refractivity contribution >= 4 is 23.5 Å². The quantitative estimate of drug-likeness (QED) is 0.830. The first-order valence-electron chi connectivity index (χ1n) is 7.17. The van der Waals surface area contributed by atoms with Crippen molar-refractivity contribution < 1.29 is 9.15 Å². The predicted molar refractivity (Wildman–Crippen MR) is 84.7 cm³/mol. The van der Waals surface area contributed by atoms with Crippen molar-refractivity contribution in [2.45, 2.75) is 29.9 Å². The lowest BCUT2D eigenvalue weighted by Crippen LogP contribution is -1.96. The molecule has 2 heterocycles. The summed E-state index contributed by atoms with van der Waals surface area (Å²) in [5.41, 5.74) is 1.36. The molecule has 0 N–H and O–H groups in total. The average Bonchev–Trinajstić information content (AvgIpc) is 3.04. The summed E-state index contributed by atoms with van der Waals surface area (Å²) < 4.78 is 11.9. The van der Waals surface area contributed by atoms with Gasteiger partial charge in [-0.05, 0) is 30.5 Å². The third-order valence-electron chi connectivity index (χ3n) is 3.55. The highest BCUT2D eigenvalue weighted by Crippen LogP contribution is 2.45. The molecule has 0 radical (unpaired) electrons. The van der Waals surface area contributed by atoms with Crippen LogP contribution in [0.5, 0.6) is 5.75 Å². The average molecular weight is 320 g/mol. The van der Waals surface area contributed by atoms with Gasteiger partial charge in [0, 0.05) is 17.4 Å². The molecule has 4 rings (SSSR count). The number of thioether (sulfide) groups is 2. The molecule has 0 atom stereocenters. The van der Waals surface area contributed by atoms with E-state index in [4.69, 9.17) is 9.15 Å². The third-order valence-corrected chi connectivity index (χ3v) is 6.65. The SMILES string of the molecule is c1cc(C2SCCS2)ccc1OCc1nnc(C2CC2)o1. The zero-order chi connectivity index (χ0) is 14.1. The maximum Gasteiger partial charge on any atom is 0.253 e. The van der Waals surface area contributed by atoms with Crippen LogP contribution in [0.25, 0.3) is 0 Å². The van der Waals surface area contributed by atoms with E-state index >= 15 is 0 Å². The summed E-state index contributed by atoms with van der Waals surface area (Å²) in [4.78, 5) is 0. The number of hydrogen-bond acceptors (Lipinski definition) is 6. The monoisotopic (exact) mass is 320 g/mol. The molecule has 0 spiro atoms. The Kier molecular flexibility index (Phi) is 3.82. The van der Waals surface area contributed by atoms with Crippen LogP contribution in [0.15, 0.2) is 28.7 Å². The smallest absolute Gasteiger partial charge is 0.253 e. The van der Waals surface area contributed by atoms with Crippen LogP contribution in [-0.2, 0) is 6.61 Å². The Labute approximate surface area is 132 Å². The van der Waals surface area contributed by atoms with E-state index in [1.165, 1.54) is 29.9 Å². The van der Waals surface area contributed by atoms with E-state index in [1.54, 1.807) is 0 Å². The molecule has 6 heteroatoms. The van der Waals surface area contributed by atoms with Gasteiger partial charge in [0.25, 0.3) is 5.89 Å². The molecular formula is C15H16N2O2S2. The predicted octanol–water partition coefficient (Wildman–Crippen LogP) is 4.00. The molecule has 2 aromatic rings. The Bertz CT molecular complexity index is 604. The largest absolute Gasteiger partial charge is 0.484 e. The Morgan fingerprint density at radius 1 is 1.10 bits per heavy atom. The summed E-state index contributed by atoms with van der Waals surface area (Å²) in [6, 6.07) is 8.34. The van der Waals surface area contributed by atoms with Crippen LogP contribution in [0.1, 0.15) is 40.7 Å². The number of rotatable bonds is 5. The highest BCUT2D eigenvalue weighted by atomic mass is 32.2. The number of ether oxygens (including phenoxy) is 1. The molecule has 110 valence electrons. The fourth-order valence-corrected chi connectivity index (χ4v) is 5.10. The normalized spacial score (nSPS) is 19.0. The van der Waals surface area contributed by atoms with E-state index in [2.05, 4.69) is 22.3 Å². The minimum absolute atomic E-state index is 0.339. The topological polar surface area (TPSA) is 48.2 Å². The van der Waals surface area contributed by atoms with Gasteiger partial charge in [-0.1, -0.05) is 12.1 Å². The van der Waals surface area contributed by atoms with Crippen LogP contribution in [0, 0.1) is 0 Å². The highest BCUT2D eigenvalue weighted by Gasteiger charge is 2.29. The standard InChI is InChI=1S/C15H16N2O2S2/c1-2-10(1)14-17-16-13(19-14)9-18-12-5-3-11(4-6-12)15-20-7-8-21-15/h3-6,10,15H,1-2,7-9H2. The van der Waals surface area contributed by atoms with Gasteiger partial charge < -0.3 is 9.15 Å². The Morgan fingerprint density at radius 3 is 2.57 bits per heavy atom. The third kappa shape index (κ3) is 3.21. The first-order chi connectivity index (χ1) is 10.4. The van der Waals surface area contributed by atoms with Gasteiger partial charge in [0.2, 0.25) is 5.89 Å². The van der Waals surface area contributed by atoms with Crippen molar-refractivity contribution in [1.29, 1.82) is 0 Å². The maximum atomic E-state index is 5.71. The van der Waals surface area contributed by atoms with Crippen molar-refractivity contribution in [1.82, 2.24) is 10.2 Å². The number of benzene rings is 1. The minimum Gasteiger partial charge on any atom is -0.484 e. The van der Waals surface area contributed by atoms with Gasteiger partial charge in [-0.25, -0.2) is 0 Å². The summed E-state index contributed by atoms with van der Waals surface area (Å²) in [6.07, 6.45) is 2.34. The van der Waals surface area contributed by atoms with Crippen LogP contribution in [0.4, 0.5) is 0 Å². The van der Waals surface area contributed by atoms with Crippen molar-refractivity contribution in [3.63, 3.8) is 0 Å². The minimum atomic E-state index is 0.339. The van der Waals surface area contributed by atoms with Gasteiger partial charge in [0.1, 0.15) is 5.75 Å². The van der Waals surface area contributed by atoms with E-state index < -0.39 is 0 Å². The van der Waals surface area contributed by atoms with Gasteiger partial charge in [0.15, 0.2) is 6.61 Å². The zero-order valence-electron chi connectivity index (χ0n) is 11.5. The van der Waals surface area contributed by atoms with Crippen molar-refractivity contribution in [3.05, 3.63) is 41.6 Å². The second-order valence-corrected chi connectivity index (χ2v) is 7.96. The van der Waals surface area contributed by atoms with Crippen molar-refractivity contribution in [2.24, 2.45) is 0 Å². The van der Waals surface area contributed by atoms with Crippen LogP contribution in [-0.4, -0.2) is 21.7 Å². The van der Waals surface area contributed by atoms with Gasteiger partial charge in [-0.2, -0.15) is 0 Å². The first kappa shape index (κ1) is 13.5. The molecule has 1 aliphatic carbocycles. The van der Waals surface area contributed by atoms with Crippen molar-refractivity contribution in [2.75, 3.05) is 11.5 Å². The molecule has 1 aromatic heterocycles. The van der Waals surface area contributed by atoms with Gasteiger partial charge in [0.05, 0.1) is 4.58 Å². The lowest BCUT2D eigenvalue weighted by atomic mass is 10.2. The fourth-order valence-electron chi connectivity index (χ4n) is 2.24. The van der Waals surface area contributed by atoms with E-state index in [0.717, 1.165) is 11.6 Å². The highest BCUT2D eigenvalue weighted by molar-refractivity contribution is 8.19. The van der Waals surface area contributed by atoms with Gasteiger partial charge in [-0.15, -0.1) is 33.7 Å². The maximum absolute atomic E-state index is 5.71. The number of aromatic nitrogens is 2. The van der Waals surface area contributed by atoms with E-state index in [1.807, 2.05) is 35.7 Å². The van der Waals surface area contributed by atoms with Gasteiger partial charge >= 0.3 is 0 Å². The van der Waals surface area contributed by atoms with Crippen molar-refractivity contribution in [3.8, 4) is 5.75 Å². The molecule has 1 aliphatic heterocycles. The second kappa shape index (κ2) is 5.93. The lowest BCUT2D eigenvalue weighted by molar-refractivity contribution is 0.259. The molecule has 2 fully saturated rings. The van der Waals surface area contributed by atoms with E-state index in [9.17, 15) is 0 Å². The number of hydrogen-bond donors (Lipinski definition) is 0. The summed E-state index contributed by atoms with van der Waals surface area (Å²) >= 11 is 4.02. The second-order valence-electron chi connectivity index (χ2n) is 5.24. The van der Waals surface area contributed by atoms with E-state index in [-0.39, 0.29) is 0 Å².